The van der Waals surface area contributed by atoms with Gasteiger partial charge in [-0.1, -0.05) is 49.4 Å². The Labute approximate surface area is 189 Å². The van der Waals surface area contributed by atoms with Crippen molar-refractivity contribution in [2.24, 2.45) is 10.9 Å². The molecule has 0 spiro atoms. The number of guanidine groups is 1. The number of nitrogens with zero attached hydrogens (tertiary/aromatic N) is 2. The van der Waals surface area contributed by atoms with Gasteiger partial charge in [0.1, 0.15) is 0 Å². The average molecular weight is 437 g/mol. The van der Waals surface area contributed by atoms with E-state index >= 15 is 0 Å². The first-order chi connectivity index (χ1) is 15.6. The van der Waals surface area contributed by atoms with Crippen LogP contribution >= 0.6 is 0 Å². The van der Waals surface area contributed by atoms with Crippen molar-refractivity contribution in [2.45, 2.75) is 26.4 Å². The molecule has 1 atom stereocenters. The second kappa shape index (κ2) is 12.0. The molecule has 0 radical (unpaired) electrons. The SMILES string of the molecule is CN=C(NCCCCN1C(=O)c2ccccc2C1=O)NCC(C)COCc1ccccc1. The van der Waals surface area contributed by atoms with E-state index in [1.54, 1.807) is 31.3 Å². The Balaban J connectivity index is 1.28. The first kappa shape index (κ1) is 23.5. The predicted molar refractivity (Wildman–Crippen MR) is 126 cm³/mol. The van der Waals surface area contributed by atoms with Crippen LogP contribution in [0.15, 0.2) is 59.6 Å². The number of nitrogens with one attached hydrogen (secondary N) is 2. The zero-order valence-electron chi connectivity index (χ0n) is 18.8. The first-order valence-electron chi connectivity index (χ1n) is 11.1. The van der Waals surface area contributed by atoms with Gasteiger partial charge in [0.25, 0.3) is 11.8 Å². The van der Waals surface area contributed by atoms with E-state index in [2.05, 4.69) is 34.7 Å². The fourth-order valence-corrected chi connectivity index (χ4v) is 3.55. The van der Waals surface area contributed by atoms with E-state index in [9.17, 15) is 9.59 Å². The number of hydrogen-bond acceptors (Lipinski definition) is 4. The molecule has 0 saturated heterocycles. The van der Waals surface area contributed by atoms with E-state index in [1.165, 1.54) is 10.5 Å². The summed E-state index contributed by atoms with van der Waals surface area (Å²) in [5, 5.41) is 6.60. The molecule has 1 aliphatic rings. The second-order valence-electron chi connectivity index (χ2n) is 8.00. The highest BCUT2D eigenvalue weighted by Crippen LogP contribution is 2.22. The van der Waals surface area contributed by atoms with Crippen LogP contribution in [0.2, 0.25) is 0 Å². The number of imide groups is 1. The third kappa shape index (κ3) is 6.40. The van der Waals surface area contributed by atoms with Crippen molar-refractivity contribution in [1.82, 2.24) is 15.5 Å². The van der Waals surface area contributed by atoms with Gasteiger partial charge in [0, 0.05) is 26.7 Å². The number of carbonyl (C=O) groups is 2. The Hall–Kier alpha value is -3.19. The minimum atomic E-state index is -0.195. The molecule has 170 valence electrons. The molecule has 1 heterocycles. The number of unbranched alkanes of at least 4 members (excludes halogenated alkanes) is 1. The summed E-state index contributed by atoms with van der Waals surface area (Å²) in [5.41, 5.74) is 2.18. The molecule has 0 saturated carbocycles. The van der Waals surface area contributed by atoms with Crippen molar-refractivity contribution in [2.75, 3.05) is 33.3 Å². The van der Waals surface area contributed by atoms with Crippen molar-refractivity contribution in [1.29, 1.82) is 0 Å². The molecule has 2 aromatic rings. The minimum Gasteiger partial charge on any atom is -0.376 e. The first-order valence-corrected chi connectivity index (χ1v) is 11.1. The molecule has 0 aromatic heterocycles. The summed E-state index contributed by atoms with van der Waals surface area (Å²) in [6.45, 7) is 5.30. The highest BCUT2D eigenvalue weighted by molar-refractivity contribution is 6.21. The van der Waals surface area contributed by atoms with Crippen molar-refractivity contribution >= 4 is 17.8 Å². The van der Waals surface area contributed by atoms with Gasteiger partial charge in [-0.05, 0) is 36.5 Å². The zero-order chi connectivity index (χ0) is 22.8. The van der Waals surface area contributed by atoms with Gasteiger partial charge in [0.05, 0.1) is 24.3 Å². The van der Waals surface area contributed by atoms with Crippen LogP contribution in [-0.2, 0) is 11.3 Å². The average Bonchev–Trinajstić information content (AvgIpc) is 3.06. The number of benzene rings is 2. The molecular formula is C25H32N4O3. The second-order valence-corrected chi connectivity index (χ2v) is 8.00. The summed E-state index contributed by atoms with van der Waals surface area (Å²) in [5.74, 6) is 0.686. The molecule has 2 N–H and O–H groups in total. The third-order valence-corrected chi connectivity index (χ3v) is 5.33. The molecular weight excluding hydrogens is 404 g/mol. The Morgan fingerprint density at radius 1 is 0.969 bits per heavy atom. The molecule has 2 amide bonds. The highest BCUT2D eigenvalue weighted by atomic mass is 16.5. The Bertz CT molecular complexity index is 895. The lowest BCUT2D eigenvalue weighted by Crippen LogP contribution is -2.40. The van der Waals surface area contributed by atoms with E-state index in [0.29, 0.717) is 43.3 Å². The summed E-state index contributed by atoms with van der Waals surface area (Å²) in [6.07, 6.45) is 1.56. The van der Waals surface area contributed by atoms with Crippen molar-refractivity contribution < 1.29 is 14.3 Å². The van der Waals surface area contributed by atoms with Gasteiger partial charge in [-0.3, -0.25) is 19.5 Å². The third-order valence-electron chi connectivity index (χ3n) is 5.33. The van der Waals surface area contributed by atoms with Gasteiger partial charge >= 0.3 is 0 Å². The van der Waals surface area contributed by atoms with E-state index in [1.807, 2.05) is 18.2 Å². The van der Waals surface area contributed by atoms with Crippen LogP contribution in [0.1, 0.15) is 46.0 Å². The van der Waals surface area contributed by atoms with Gasteiger partial charge < -0.3 is 15.4 Å². The standard InChI is InChI=1S/C25H32N4O3/c1-19(17-32-18-20-10-4-3-5-11-20)16-28-25(26-2)27-14-8-9-15-29-23(30)21-12-6-7-13-22(21)24(29)31/h3-7,10-13,19H,8-9,14-18H2,1-2H3,(H2,26,27,28). The summed E-state index contributed by atoms with van der Waals surface area (Å²) < 4.78 is 5.79. The number of hydrogen-bond donors (Lipinski definition) is 2. The van der Waals surface area contributed by atoms with Crippen LogP contribution in [0.4, 0.5) is 0 Å². The van der Waals surface area contributed by atoms with E-state index in [-0.39, 0.29) is 11.8 Å². The van der Waals surface area contributed by atoms with Gasteiger partial charge in [-0.25, -0.2) is 0 Å². The molecule has 2 aromatic carbocycles. The Morgan fingerprint density at radius 3 is 2.28 bits per heavy atom. The fraction of sp³-hybridized carbons (Fsp3) is 0.400. The summed E-state index contributed by atoms with van der Waals surface area (Å²) in [6, 6.07) is 17.1. The molecule has 0 aliphatic carbocycles. The van der Waals surface area contributed by atoms with Crippen LogP contribution < -0.4 is 10.6 Å². The highest BCUT2D eigenvalue weighted by Gasteiger charge is 2.34. The van der Waals surface area contributed by atoms with Crippen molar-refractivity contribution in [3.63, 3.8) is 0 Å². The van der Waals surface area contributed by atoms with Crippen molar-refractivity contribution in [3.05, 3.63) is 71.3 Å². The quantitative estimate of drug-likeness (QED) is 0.245. The zero-order valence-corrected chi connectivity index (χ0v) is 18.8. The normalized spacial score (nSPS) is 14.4. The lowest BCUT2D eigenvalue weighted by molar-refractivity contribution is 0.0652. The molecule has 0 fully saturated rings. The van der Waals surface area contributed by atoms with Crippen LogP contribution in [0.25, 0.3) is 0 Å². The van der Waals surface area contributed by atoms with Gasteiger partial charge in [0.2, 0.25) is 0 Å². The van der Waals surface area contributed by atoms with Crippen molar-refractivity contribution in [3.8, 4) is 0 Å². The number of amides is 2. The maximum absolute atomic E-state index is 12.4. The molecule has 7 heteroatoms. The molecule has 1 unspecified atom stereocenters. The number of carbonyl (C=O) groups excluding carboxylic acids is 2. The lowest BCUT2D eigenvalue weighted by Gasteiger charge is -2.17. The van der Waals surface area contributed by atoms with Crippen LogP contribution in [-0.4, -0.2) is 56.0 Å². The summed E-state index contributed by atoms with van der Waals surface area (Å²) in [7, 11) is 1.74. The van der Waals surface area contributed by atoms with Crippen LogP contribution in [0.5, 0.6) is 0 Å². The molecule has 0 bridgehead atoms. The van der Waals surface area contributed by atoms with Gasteiger partial charge in [0.15, 0.2) is 5.96 Å². The molecule has 1 aliphatic heterocycles. The predicted octanol–water partition coefficient (Wildman–Crippen LogP) is 3.08. The summed E-state index contributed by atoms with van der Waals surface area (Å²) >= 11 is 0. The van der Waals surface area contributed by atoms with Gasteiger partial charge in [-0.15, -0.1) is 0 Å². The topological polar surface area (TPSA) is 83.0 Å². The van der Waals surface area contributed by atoms with Gasteiger partial charge in [-0.2, -0.15) is 0 Å². The maximum Gasteiger partial charge on any atom is 0.261 e. The van der Waals surface area contributed by atoms with E-state index in [4.69, 9.17) is 4.74 Å². The smallest absolute Gasteiger partial charge is 0.261 e. The molecule has 32 heavy (non-hydrogen) atoms. The van der Waals surface area contributed by atoms with E-state index in [0.717, 1.165) is 25.3 Å². The minimum absolute atomic E-state index is 0.195. The largest absolute Gasteiger partial charge is 0.376 e. The molecule has 7 nitrogen and oxygen atoms in total. The number of aliphatic imine (C=N–C) groups is 1. The Kier molecular flexibility index (Phi) is 8.80. The fourth-order valence-electron chi connectivity index (χ4n) is 3.55. The molecule has 3 rings (SSSR count). The number of fused-ring (bicyclic) bond motifs is 1. The maximum atomic E-state index is 12.4. The Morgan fingerprint density at radius 2 is 1.62 bits per heavy atom. The summed E-state index contributed by atoms with van der Waals surface area (Å²) in [4.78, 5) is 30.4. The number of rotatable bonds is 11. The van der Waals surface area contributed by atoms with Crippen LogP contribution in [0, 0.1) is 5.92 Å². The van der Waals surface area contributed by atoms with Crippen LogP contribution in [0.3, 0.4) is 0 Å². The number of ether oxygens (including phenoxy) is 1. The van der Waals surface area contributed by atoms with E-state index < -0.39 is 0 Å². The lowest BCUT2D eigenvalue weighted by atomic mass is 10.1. The monoisotopic (exact) mass is 436 g/mol.